The predicted molar refractivity (Wildman–Crippen MR) is 203 cm³/mol. The number of unbranched alkanes of at least 4 members (excludes halogenated alkanes) is 28. The molecular formula is C42H85NO3. The van der Waals surface area contributed by atoms with Crippen molar-refractivity contribution < 1.29 is 15.0 Å². The molecule has 0 saturated carbocycles. The molecule has 276 valence electrons. The molecule has 0 aromatic rings. The van der Waals surface area contributed by atoms with Crippen LogP contribution >= 0.6 is 0 Å². The van der Waals surface area contributed by atoms with E-state index >= 15 is 0 Å². The highest BCUT2D eigenvalue weighted by molar-refractivity contribution is 5.79. The lowest BCUT2D eigenvalue weighted by Gasteiger charge is -2.25. The number of nitrogens with one attached hydrogen (secondary N) is 1. The van der Waals surface area contributed by atoms with Gasteiger partial charge in [-0.3, -0.25) is 4.79 Å². The second kappa shape index (κ2) is 37.2. The third kappa shape index (κ3) is 30.7. The molecule has 0 aliphatic rings. The summed E-state index contributed by atoms with van der Waals surface area (Å²) in [5.41, 5.74) is 0. The van der Waals surface area contributed by atoms with E-state index in [2.05, 4.69) is 26.1 Å². The Bertz CT molecular complexity index is 597. The summed E-state index contributed by atoms with van der Waals surface area (Å²) < 4.78 is 0. The Hall–Kier alpha value is -0.610. The third-order valence-corrected chi connectivity index (χ3v) is 10.3. The van der Waals surface area contributed by atoms with E-state index in [-0.39, 0.29) is 18.4 Å². The fourth-order valence-electron chi connectivity index (χ4n) is 6.95. The Morgan fingerprint density at radius 2 is 0.696 bits per heavy atom. The van der Waals surface area contributed by atoms with Crippen LogP contribution in [0.25, 0.3) is 0 Å². The smallest absolute Gasteiger partial charge is 0.223 e. The number of carbonyl (C=O) groups excluding carboxylic acids is 1. The number of amides is 1. The zero-order valence-electron chi connectivity index (χ0n) is 31.8. The van der Waals surface area contributed by atoms with Gasteiger partial charge in [0.05, 0.1) is 18.8 Å². The van der Waals surface area contributed by atoms with Gasteiger partial charge < -0.3 is 15.5 Å². The lowest BCUT2D eigenvalue weighted by atomic mass is 9.92. The maximum absolute atomic E-state index is 13.4. The van der Waals surface area contributed by atoms with Gasteiger partial charge in [-0.2, -0.15) is 0 Å². The van der Waals surface area contributed by atoms with Crippen LogP contribution < -0.4 is 5.32 Å². The van der Waals surface area contributed by atoms with Crippen LogP contribution in [-0.2, 0) is 4.79 Å². The number of rotatable bonds is 38. The van der Waals surface area contributed by atoms with E-state index in [1.807, 2.05) is 0 Å². The fourth-order valence-corrected chi connectivity index (χ4v) is 6.95. The SMILES string of the molecule is CCCCCCCCCCCCCCCC(O)C(CO)NC(=O)C(CCCCCCCCCC)CCCCCCCCCCCC. The summed E-state index contributed by atoms with van der Waals surface area (Å²) in [6.07, 6.45) is 42.1. The molecule has 4 nitrogen and oxygen atoms in total. The number of aliphatic hydroxyl groups is 2. The van der Waals surface area contributed by atoms with E-state index in [1.54, 1.807) is 0 Å². The minimum atomic E-state index is -0.664. The first-order valence-electron chi connectivity index (χ1n) is 21.2. The van der Waals surface area contributed by atoms with Gasteiger partial charge in [-0.05, 0) is 19.3 Å². The Kier molecular flexibility index (Phi) is 36.7. The lowest BCUT2D eigenvalue weighted by Crippen LogP contribution is -2.48. The summed E-state index contributed by atoms with van der Waals surface area (Å²) >= 11 is 0. The van der Waals surface area contributed by atoms with Crippen LogP contribution in [0.5, 0.6) is 0 Å². The van der Waals surface area contributed by atoms with Crippen LogP contribution in [0.4, 0.5) is 0 Å². The normalized spacial score (nSPS) is 13.6. The standard InChI is InChI=1S/C42H85NO3/c1-4-7-10-13-16-19-21-22-23-25-28-31-34-37-41(45)40(38-44)43-42(46)39(35-32-29-26-18-15-12-9-6-3)36-33-30-27-24-20-17-14-11-8-5-2/h39-41,44-45H,4-38H2,1-3H3,(H,43,46). The van der Waals surface area contributed by atoms with Gasteiger partial charge in [0.15, 0.2) is 0 Å². The molecule has 46 heavy (non-hydrogen) atoms. The van der Waals surface area contributed by atoms with Gasteiger partial charge in [0.25, 0.3) is 0 Å². The first kappa shape index (κ1) is 45.4. The Balaban J connectivity index is 4.36. The van der Waals surface area contributed by atoms with E-state index in [9.17, 15) is 15.0 Å². The van der Waals surface area contributed by atoms with Gasteiger partial charge in [-0.1, -0.05) is 220 Å². The molecule has 0 heterocycles. The molecule has 0 rings (SSSR count). The molecule has 0 bridgehead atoms. The summed E-state index contributed by atoms with van der Waals surface area (Å²) in [4.78, 5) is 13.4. The number of hydrogen-bond acceptors (Lipinski definition) is 3. The second-order valence-electron chi connectivity index (χ2n) is 14.8. The molecule has 0 aromatic carbocycles. The molecule has 3 atom stereocenters. The first-order chi connectivity index (χ1) is 22.6. The number of aliphatic hydroxyl groups excluding tert-OH is 2. The predicted octanol–water partition coefficient (Wildman–Crippen LogP) is 12.8. The van der Waals surface area contributed by atoms with Crippen molar-refractivity contribution in [3.8, 4) is 0 Å². The molecule has 0 aliphatic heterocycles. The van der Waals surface area contributed by atoms with E-state index in [4.69, 9.17) is 0 Å². The quantitative estimate of drug-likeness (QED) is 0.0582. The van der Waals surface area contributed by atoms with Gasteiger partial charge in [0, 0.05) is 5.92 Å². The monoisotopic (exact) mass is 652 g/mol. The Labute approximate surface area is 289 Å². The summed E-state index contributed by atoms with van der Waals surface area (Å²) in [6, 6.07) is -0.543. The van der Waals surface area contributed by atoms with Crippen molar-refractivity contribution in [3.63, 3.8) is 0 Å². The number of hydrogen-bond donors (Lipinski definition) is 3. The van der Waals surface area contributed by atoms with Crippen LogP contribution in [0.1, 0.15) is 239 Å². The van der Waals surface area contributed by atoms with Crippen molar-refractivity contribution in [1.82, 2.24) is 5.32 Å². The largest absolute Gasteiger partial charge is 0.394 e. The van der Waals surface area contributed by atoms with Crippen molar-refractivity contribution in [2.24, 2.45) is 5.92 Å². The zero-order valence-corrected chi connectivity index (χ0v) is 31.8. The molecule has 0 saturated heterocycles. The minimum Gasteiger partial charge on any atom is -0.394 e. The molecule has 4 heteroatoms. The third-order valence-electron chi connectivity index (χ3n) is 10.3. The summed E-state index contributed by atoms with van der Waals surface area (Å²) in [6.45, 7) is 6.63. The summed E-state index contributed by atoms with van der Waals surface area (Å²) in [5.74, 6) is 0.0639. The zero-order chi connectivity index (χ0) is 33.8. The highest BCUT2D eigenvalue weighted by Crippen LogP contribution is 2.21. The van der Waals surface area contributed by atoms with E-state index < -0.39 is 12.1 Å². The first-order valence-corrected chi connectivity index (χ1v) is 21.2. The number of carbonyl (C=O) groups is 1. The average molecular weight is 652 g/mol. The maximum atomic E-state index is 13.4. The molecule has 1 amide bonds. The van der Waals surface area contributed by atoms with Crippen LogP contribution in [0.15, 0.2) is 0 Å². The van der Waals surface area contributed by atoms with Crippen molar-refractivity contribution in [3.05, 3.63) is 0 Å². The van der Waals surface area contributed by atoms with Gasteiger partial charge in [0.2, 0.25) is 5.91 Å². The van der Waals surface area contributed by atoms with Crippen LogP contribution in [-0.4, -0.2) is 34.9 Å². The Morgan fingerprint density at radius 1 is 0.435 bits per heavy atom. The highest BCUT2D eigenvalue weighted by atomic mass is 16.3. The van der Waals surface area contributed by atoms with Crippen molar-refractivity contribution in [1.29, 1.82) is 0 Å². The van der Waals surface area contributed by atoms with Gasteiger partial charge in [-0.25, -0.2) is 0 Å². The van der Waals surface area contributed by atoms with Crippen molar-refractivity contribution in [2.75, 3.05) is 6.61 Å². The average Bonchev–Trinajstić information content (AvgIpc) is 3.06. The van der Waals surface area contributed by atoms with Gasteiger partial charge in [-0.15, -0.1) is 0 Å². The highest BCUT2D eigenvalue weighted by Gasteiger charge is 2.25. The molecule has 3 unspecified atom stereocenters. The van der Waals surface area contributed by atoms with Gasteiger partial charge in [0.1, 0.15) is 0 Å². The molecule has 3 N–H and O–H groups in total. The molecule has 0 spiro atoms. The molecule has 0 aliphatic carbocycles. The summed E-state index contributed by atoms with van der Waals surface area (Å²) in [7, 11) is 0. The molecule has 0 fully saturated rings. The molecule has 0 aromatic heterocycles. The Morgan fingerprint density at radius 3 is 0.978 bits per heavy atom. The van der Waals surface area contributed by atoms with Crippen molar-refractivity contribution >= 4 is 5.91 Å². The minimum absolute atomic E-state index is 0.00623. The maximum Gasteiger partial charge on any atom is 0.223 e. The topological polar surface area (TPSA) is 69.6 Å². The fraction of sp³-hybridized carbons (Fsp3) is 0.976. The van der Waals surface area contributed by atoms with E-state index in [0.29, 0.717) is 6.42 Å². The molecular weight excluding hydrogens is 566 g/mol. The van der Waals surface area contributed by atoms with E-state index in [1.165, 1.54) is 173 Å². The summed E-state index contributed by atoms with van der Waals surface area (Å²) in [5, 5.41) is 24.0. The van der Waals surface area contributed by atoms with Crippen LogP contribution in [0.2, 0.25) is 0 Å². The van der Waals surface area contributed by atoms with Gasteiger partial charge >= 0.3 is 0 Å². The second-order valence-corrected chi connectivity index (χ2v) is 14.8. The van der Waals surface area contributed by atoms with E-state index in [0.717, 1.165) is 38.5 Å². The van der Waals surface area contributed by atoms with Crippen molar-refractivity contribution in [2.45, 2.75) is 251 Å². The van der Waals surface area contributed by atoms with Crippen LogP contribution in [0.3, 0.4) is 0 Å². The van der Waals surface area contributed by atoms with Crippen LogP contribution in [0, 0.1) is 5.92 Å². The molecule has 0 radical (unpaired) electrons. The lowest BCUT2D eigenvalue weighted by molar-refractivity contribution is -0.127.